The Morgan fingerprint density at radius 3 is 2.71 bits per heavy atom. The van der Waals surface area contributed by atoms with E-state index < -0.39 is 0 Å². The molecule has 0 radical (unpaired) electrons. The van der Waals surface area contributed by atoms with Crippen molar-refractivity contribution >= 4 is 46.7 Å². The fraction of sp³-hybridized carbons (Fsp3) is 0.227. The van der Waals surface area contributed by atoms with Crippen molar-refractivity contribution in [1.82, 2.24) is 9.97 Å². The summed E-state index contributed by atoms with van der Waals surface area (Å²) in [6.07, 6.45) is 2.27. The van der Waals surface area contributed by atoms with E-state index in [1.165, 1.54) is 6.20 Å². The van der Waals surface area contributed by atoms with E-state index in [1.807, 2.05) is 24.3 Å². The zero-order valence-electron chi connectivity index (χ0n) is 17.0. The van der Waals surface area contributed by atoms with Crippen LogP contribution >= 0.6 is 11.6 Å². The summed E-state index contributed by atoms with van der Waals surface area (Å²) >= 11 is 6.27. The minimum absolute atomic E-state index is 0.334. The first-order valence-electron chi connectivity index (χ1n) is 9.79. The van der Waals surface area contributed by atoms with Crippen LogP contribution in [-0.4, -0.2) is 49.7 Å². The fourth-order valence-corrected chi connectivity index (χ4v) is 3.42. The SMILES string of the molecule is COc1cc(N2CCOCC2)ccc1Nc1ncc(Cl)c(Nc2ccccc2C=O)n1. The molecule has 160 valence electrons. The fourth-order valence-electron chi connectivity index (χ4n) is 3.28. The second kappa shape index (κ2) is 9.63. The number of hydrogen-bond acceptors (Lipinski definition) is 8. The van der Waals surface area contributed by atoms with Gasteiger partial charge in [-0.3, -0.25) is 4.79 Å². The average Bonchev–Trinajstić information content (AvgIpc) is 2.82. The van der Waals surface area contributed by atoms with Crippen LogP contribution in [0.2, 0.25) is 5.02 Å². The molecule has 1 aromatic heterocycles. The second-order valence-electron chi connectivity index (χ2n) is 6.83. The molecule has 1 fully saturated rings. The zero-order chi connectivity index (χ0) is 21.6. The largest absolute Gasteiger partial charge is 0.494 e. The Kier molecular flexibility index (Phi) is 6.49. The van der Waals surface area contributed by atoms with Gasteiger partial charge in [0.15, 0.2) is 12.1 Å². The number of aromatic nitrogens is 2. The van der Waals surface area contributed by atoms with Crippen LogP contribution in [-0.2, 0) is 4.74 Å². The van der Waals surface area contributed by atoms with E-state index in [9.17, 15) is 4.79 Å². The van der Waals surface area contributed by atoms with E-state index in [4.69, 9.17) is 21.1 Å². The predicted molar refractivity (Wildman–Crippen MR) is 121 cm³/mol. The van der Waals surface area contributed by atoms with Gasteiger partial charge in [-0.2, -0.15) is 4.98 Å². The molecule has 1 saturated heterocycles. The minimum Gasteiger partial charge on any atom is -0.494 e. The molecule has 2 N–H and O–H groups in total. The highest BCUT2D eigenvalue weighted by molar-refractivity contribution is 6.33. The summed E-state index contributed by atoms with van der Waals surface area (Å²) in [7, 11) is 1.62. The van der Waals surface area contributed by atoms with Crippen LogP contribution in [0.1, 0.15) is 10.4 Å². The van der Waals surface area contributed by atoms with Crippen LogP contribution in [0.3, 0.4) is 0 Å². The Bertz CT molecular complexity index is 1070. The molecular formula is C22H22ClN5O3. The van der Waals surface area contributed by atoms with Gasteiger partial charge in [0.1, 0.15) is 10.8 Å². The highest BCUT2D eigenvalue weighted by Crippen LogP contribution is 2.33. The van der Waals surface area contributed by atoms with E-state index in [0.717, 1.165) is 30.8 Å². The second-order valence-corrected chi connectivity index (χ2v) is 7.24. The third-order valence-corrected chi connectivity index (χ3v) is 5.17. The first-order chi connectivity index (χ1) is 15.2. The lowest BCUT2D eigenvalue weighted by Gasteiger charge is -2.29. The number of ether oxygens (including phenoxy) is 2. The molecule has 4 rings (SSSR count). The smallest absolute Gasteiger partial charge is 0.229 e. The molecular weight excluding hydrogens is 418 g/mol. The Morgan fingerprint density at radius 2 is 1.94 bits per heavy atom. The summed E-state index contributed by atoms with van der Waals surface area (Å²) < 4.78 is 11.0. The molecule has 0 saturated carbocycles. The van der Waals surface area contributed by atoms with Crippen LogP contribution in [0.25, 0.3) is 0 Å². The van der Waals surface area contributed by atoms with Crippen LogP contribution in [0.15, 0.2) is 48.7 Å². The topological polar surface area (TPSA) is 88.6 Å². The number of carbonyl (C=O) groups is 1. The van der Waals surface area contributed by atoms with Gasteiger partial charge in [-0.15, -0.1) is 0 Å². The van der Waals surface area contributed by atoms with Gasteiger partial charge >= 0.3 is 0 Å². The van der Waals surface area contributed by atoms with Gasteiger partial charge in [0.25, 0.3) is 0 Å². The molecule has 9 heteroatoms. The van der Waals surface area contributed by atoms with Gasteiger partial charge in [0.05, 0.1) is 37.9 Å². The summed E-state index contributed by atoms with van der Waals surface area (Å²) in [6.45, 7) is 3.11. The van der Waals surface area contributed by atoms with Gasteiger partial charge in [-0.25, -0.2) is 4.98 Å². The molecule has 8 nitrogen and oxygen atoms in total. The maximum absolute atomic E-state index is 11.3. The van der Waals surface area contributed by atoms with Crippen molar-refractivity contribution in [1.29, 1.82) is 0 Å². The lowest BCUT2D eigenvalue weighted by molar-refractivity contribution is 0.112. The summed E-state index contributed by atoms with van der Waals surface area (Å²) in [5, 5.41) is 6.61. The number of anilines is 5. The lowest BCUT2D eigenvalue weighted by Crippen LogP contribution is -2.36. The number of halogens is 1. The van der Waals surface area contributed by atoms with Crippen molar-refractivity contribution < 1.29 is 14.3 Å². The van der Waals surface area contributed by atoms with Crippen molar-refractivity contribution in [3.63, 3.8) is 0 Å². The summed E-state index contributed by atoms with van der Waals surface area (Å²) in [6, 6.07) is 13.0. The summed E-state index contributed by atoms with van der Waals surface area (Å²) in [4.78, 5) is 22.3. The van der Waals surface area contributed by atoms with Crippen molar-refractivity contribution in [2.75, 3.05) is 48.9 Å². The molecule has 3 aromatic rings. The number of morpholine rings is 1. The van der Waals surface area contributed by atoms with Gasteiger partial charge in [-0.05, 0) is 24.3 Å². The molecule has 0 spiro atoms. The number of rotatable bonds is 7. The third kappa shape index (κ3) is 4.87. The summed E-state index contributed by atoms with van der Waals surface area (Å²) in [5.74, 6) is 1.40. The highest BCUT2D eigenvalue weighted by Gasteiger charge is 2.15. The van der Waals surface area contributed by atoms with Crippen molar-refractivity contribution in [2.24, 2.45) is 0 Å². The number of para-hydroxylation sites is 1. The normalized spacial score (nSPS) is 13.5. The Balaban J connectivity index is 1.56. The van der Waals surface area contributed by atoms with Crippen LogP contribution in [0.4, 0.5) is 28.8 Å². The molecule has 0 amide bonds. The number of carbonyl (C=O) groups excluding carboxylic acids is 1. The monoisotopic (exact) mass is 439 g/mol. The third-order valence-electron chi connectivity index (χ3n) is 4.89. The van der Waals surface area contributed by atoms with Crippen LogP contribution < -0.4 is 20.3 Å². The molecule has 2 aromatic carbocycles. The van der Waals surface area contributed by atoms with E-state index in [-0.39, 0.29) is 0 Å². The van der Waals surface area contributed by atoms with Crippen molar-refractivity contribution in [2.45, 2.75) is 0 Å². The maximum atomic E-state index is 11.3. The number of methoxy groups -OCH3 is 1. The van der Waals surface area contributed by atoms with Crippen molar-refractivity contribution in [3.05, 3.63) is 59.2 Å². The molecule has 1 aliphatic rings. The Hall–Kier alpha value is -3.36. The van der Waals surface area contributed by atoms with Gasteiger partial charge in [0, 0.05) is 30.4 Å². The molecule has 1 aliphatic heterocycles. The Labute approximate surface area is 185 Å². The predicted octanol–water partition coefficient (Wildman–Crippen LogP) is 4.27. The number of nitrogens with zero attached hydrogens (tertiary/aromatic N) is 3. The molecule has 0 unspecified atom stereocenters. The average molecular weight is 440 g/mol. The van der Waals surface area contributed by atoms with Crippen molar-refractivity contribution in [3.8, 4) is 5.75 Å². The molecule has 0 aliphatic carbocycles. The first-order valence-corrected chi connectivity index (χ1v) is 10.2. The number of nitrogens with one attached hydrogen (secondary N) is 2. The van der Waals surface area contributed by atoms with E-state index in [2.05, 4.69) is 25.5 Å². The van der Waals surface area contributed by atoms with E-state index in [1.54, 1.807) is 25.3 Å². The first kappa shape index (κ1) is 20.9. The maximum Gasteiger partial charge on any atom is 0.229 e. The number of benzene rings is 2. The summed E-state index contributed by atoms with van der Waals surface area (Å²) in [5.41, 5.74) is 2.90. The zero-order valence-corrected chi connectivity index (χ0v) is 17.7. The standard InChI is InChI=1S/C22H22ClN5O3/c1-30-20-12-16(28-8-10-31-11-9-28)6-7-19(20)26-22-24-13-17(23)21(27-22)25-18-5-3-2-4-15(18)14-29/h2-7,12-14H,8-11H2,1H3,(H2,24,25,26,27). The van der Waals surface area contributed by atoms with Crippen LogP contribution in [0, 0.1) is 0 Å². The van der Waals surface area contributed by atoms with Crippen LogP contribution in [0.5, 0.6) is 5.75 Å². The number of hydrogen-bond donors (Lipinski definition) is 2. The Morgan fingerprint density at radius 1 is 1.13 bits per heavy atom. The van der Waals surface area contributed by atoms with E-state index >= 15 is 0 Å². The van der Waals surface area contributed by atoms with Gasteiger partial charge in [-0.1, -0.05) is 23.7 Å². The minimum atomic E-state index is 0.334. The molecule has 0 atom stereocenters. The van der Waals surface area contributed by atoms with E-state index in [0.29, 0.717) is 47.0 Å². The molecule has 0 bridgehead atoms. The molecule has 2 heterocycles. The highest BCUT2D eigenvalue weighted by atomic mass is 35.5. The van der Waals surface area contributed by atoms with Gasteiger partial charge < -0.3 is 25.0 Å². The van der Waals surface area contributed by atoms with Gasteiger partial charge in [0.2, 0.25) is 5.95 Å². The number of aldehydes is 1. The molecule has 31 heavy (non-hydrogen) atoms. The lowest BCUT2D eigenvalue weighted by atomic mass is 10.2. The quantitative estimate of drug-likeness (QED) is 0.527.